The van der Waals surface area contributed by atoms with Crippen molar-refractivity contribution in [1.29, 1.82) is 0 Å². The summed E-state index contributed by atoms with van der Waals surface area (Å²) in [6.45, 7) is 7.21. The Morgan fingerprint density at radius 2 is 1.27 bits per heavy atom. The van der Waals surface area contributed by atoms with Crippen molar-refractivity contribution in [3.8, 4) is 0 Å². The zero-order chi connectivity index (χ0) is 11.8. The first-order chi connectivity index (χ1) is 6.91. The van der Waals surface area contributed by atoms with Gasteiger partial charge in [-0.25, -0.2) is 0 Å². The first-order valence-electron chi connectivity index (χ1n) is 4.26. The fraction of sp³-hybridized carbons (Fsp3) is 0.400. The third-order valence-corrected chi connectivity index (χ3v) is 1.41. The van der Waals surface area contributed by atoms with Crippen LogP contribution in [0.2, 0.25) is 0 Å². The number of carboxylic acids is 2. The lowest BCUT2D eigenvalue weighted by Gasteiger charge is -2.06. The molecule has 0 aromatic rings. The van der Waals surface area contributed by atoms with E-state index in [9.17, 15) is 9.59 Å². The summed E-state index contributed by atoms with van der Waals surface area (Å²) in [6.07, 6.45) is -0.295. The van der Waals surface area contributed by atoms with Crippen LogP contribution in [0.15, 0.2) is 24.3 Å². The predicted octanol–water partition coefficient (Wildman–Crippen LogP) is 1.06. The highest BCUT2D eigenvalue weighted by atomic mass is 16.5. The lowest BCUT2D eigenvalue weighted by molar-refractivity contribution is -0.137. The number of hydrogen-bond donors (Lipinski definition) is 2. The lowest BCUT2D eigenvalue weighted by Crippen LogP contribution is -2.07. The van der Waals surface area contributed by atoms with Crippen LogP contribution in [-0.4, -0.2) is 35.4 Å². The number of carboxylic acid groups (broad SMARTS) is 2. The number of rotatable bonds is 8. The molecule has 0 fully saturated rings. The number of ether oxygens (including phenoxy) is 1. The van der Waals surface area contributed by atoms with Gasteiger partial charge in [0, 0.05) is 0 Å². The van der Waals surface area contributed by atoms with Gasteiger partial charge in [-0.1, -0.05) is 13.2 Å². The second kappa shape index (κ2) is 6.78. The molecular formula is C10H14O5. The molecule has 0 aliphatic rings. The maximum atomic E-state index is 10.2. The van der Waals surface area contributed by atoms with Gasteiger partial charge in [-0.2, -0.15) is 0 Å². The molecule has 0 amide bonds. The van der Waals surface area contributed by atoms with Gasteiger partial charge in [-0.15, -0.1) is 0 Å². The van der Waals surface area contributed by atoms with Gasteiger partial charge in [0.25, 0.3) is 0 Å². The molecule has 0 aliphatic carbocycles. The Morgan fingerprint density at radius 3 is 1.53 bits per heavy atom. The molecule has 0 aromatic heterocycles. The van der Waals surface area contributed by atoms with E-state index in [1.54, 1.807) is 0 Å². The minimum Gasteiger partial charge on any atom is -0.481 e. The quantitative estimate of drug-likeness (QED) is 0.590. The smallest absolute Gasteiger partial charge is 0.307 e. The highest BCUT2D eigenvalue weighted by molar-refractivity contribution is 5.70. The molecule has 0 radical (unpaired) electrons. The zero-order valence-electron chi connectivity index (χ0n) is 8.36. The molecule has 0 unspecified atom stereocenters. The molecule has 0 saturated heterocycles. The predicted molar refractivity (Wildman–Crippen MR) is 53.6 cm³/mol. The maximum Gasteiger partial charge on any atom is 0.307 e. The Kier molecular flexibility index (Phi) is 6.05. The molecule has 5 nitrogen and oxygen atoms in total. The highest BCUT2D eigenvalue weighted by Gasteiger charge is 2.04. The van der Waals surface area contributed by atoms with Crippen LogP contribution in [0.3, 0.4) is 0 Å². The van der Waals surface area contributed by atoms with Crippen molar-refractivity contribution in [3.05, 3.63) is 24.3 Å². The van der Waals surface area contributed by atoms with Gasteiger partial charge in [-0.05, 0) is 11.1 Å². The summed E-state index contributed by atoms with van der Waals surface area (Å²) < 4.78 is 5.03. The molecule has 0 heterocycles. The lowest BCUT2D eigenvalue weighted by atomic mass is 10.2. The summed E-state index contributed by atoms with van der Waals surface area (Å²) >= 11 is 0. The van der Waals surface area contributed by atoms with E-state index in [1.165, 1.54) is 0 Å². The molecule has 0 saturated carbocycles. The van der Waals surface area contributed by atoms with Crippen molar-refractivity contribution in [3.63, 3.8) is 0 Å². The van der Waals surface area contributed by atoms with Crippen molar-refractivity contribution in [1.82, 2.24) is 0 Å². The van der Waals surface area contributed by atoms with E-state index in [0.29, 0.717) is 11.1 Å². The van der Waals surface area contributed by atoms with Crippen molar-refractivity contribution in [2.24, 2.45) is 0 Å². The Labute approximate surface area is 87.7 Å². The van der Waals surface area contributed by atoms with Crippen LogP contribution in [0, 0.1) is 0 Å². The normalized spacial score (nSPS) is 9.60. The van der Waals surface area contributed by atoms with E-state index >= 15 is 0 Å². The summed E-state index contributed by atoms with van der Waals surface area (Å²) in [7, 11) is 0. The van der Waals surface area contributed by atoms with Crippen LogP contribution in [0.25, 0.3) is 0 Å². The highest BCUT2D eigenvalue weighted by Crippen LogP contribution is 2.02. The van der Waals surface area contributed by atoms with Gasteiger partial charge in [0.1, 0.15) is 0 Å². The van der Waals surface area contributed by atoms with Crippen molar-refractivity contribution in [2.45, 2.75) is 12.8 Å². The van der Waals surface area contributed by atoms with E-state index in [2.05, 4.69) is 13.2 Å². The molecule has 84 valence electrons. The van der Waals surface area contributed by atoms with Crippen molar-refractivity contribution >= 4 is 11.9 Å². The van der Waals surface area contributed by atoms with Gasteiger partial charge < -0.3 is 14.9 Å². The van der Waals surface area contributed by atoms with Crippen molar-refractivity contribution < 1.29 is 24.5 Å². The number of carbonyl (C=O) groups is 2. The molecule has 0 spiro atoms. The van der Waals surface area contributed by atoms with Gasteiger partial charge in [0.05, 0.1) is 26.1 Å². The monoisotopic (exact) mass is 214 g/mol. The minimum absolute atomic E-state index is 0.102. The number of hydrogen-bond acceptors (Lipinski definition) is 3. The van der Waals surface area contributed by atoms with Crippen LogP contribution < -0.4 is 0 Å². The second-order valence-corrected chi connectivity index (χ2v) is 3.13. The Bertz CT molecular complexity index is 252. The first kappa shape index (κ1) is 13.4. The summed E-state index contributed by atoms with van der Waals surface area (Å²) in [4.78, 5) is 20.5. The second-order valence-electron chi connectivity index (χ2n) is 3.13. The van der Waals surface area contributed by atoms with Gasteiger partial charge >= 0.3 is 11.9 Å². The molecular weight excluding hydrogens is 200 g/mol. The average Bonchev–Trinajstić information content (AvgIpc) is 2.00. The van der Waals surface area contributed by atoms with Gasteiger partial charge in [-0.3, -0.25) is 9.59 Å². The van der Waals surface area contributed by atoms with Gasteiger partial charge in [0.2, 0.25) is 0 Å². The third-order valence-electron chi connectivity index (χ3n) is 1.41. The standard InChI is InChI=1S/C10H14O5/c1-7(3-9(11)12)5-15-6-8(2)4-10(13)14/h1-6H2,(H,11,12)(H,13,14). The molecule has 0 aromatic carbocycles. The summed E-state index contributed by atoms with van der Waals surface area (Å²) in [5, 5.41) is 16.8. The fourth-order valence-corrected chi connectivity index (χ4v) is 0.869. The van der Waals surface area contributed by atoms with E-state index in [0.717, 1.165) is 0 Å². The summed E-state index contributed by atoms with van der Waals surface area (Å²) in [5.41, 5.74) is 0.872. The third kappa shape index (κ3) is 8.70. The van der Waals surface area contributed by atoms with E-state index < -0.39 is 11.9 Å². The molecule has 0 rings (SSSR count). The van der Waals surface area contributed by atoms with Gasteiger partial charge in [0.15, 0.2) is 0 Å². The van der Waals surface area contributed by atoms with Crippen LogP contribution in [0.4, 0.5) is 0 Å². The molecule has 15 heavy (non-hydrogen) atoms. The average molecular weight is 214 g/mol. The van der Waals surface area contributed by atoms with Crippen LogP contribution in [-0.2, 0) is 14.3 Å². The Morgan fingerprint density at radius 1 is 0.933 bits per heavy atom. The topological polar surface area (TPSA) is 83.8 Å². The van der Waals surface area contributed by atoms with Crippen LogP contribution >= 0.6 is 0 Å². The summed E-state index contributed by atoms with van der Waals surface area (Å²) in [5.74, 6) is -1.93. The van der Waals surface area contributed by atoms with E-state index in [4.69, 9.17) is 14.9 Å². The van der Waals surface area contributed by atoms with E-state index in [-0.39, 0.29) is 26.1 Å². The zero-order valence-corrected chi connectivity index (χ0v) is 8.36. The molecule has 0 bridgehead atoms. The maximum absolute atomic E-state index is 10.2. The molecule has 0 atom stereocenters. The van der Waals surface area contributed by atoms with Crippen molar-refractivity contribution in [2.75, 3.05) is 13.2 Å². The minimum atomic E-state index is -0.965. The van der Waals surface area contributed by atoms with E-state index in [1.807, 2.05) is 0 Å². The van der Waals surface area contributed by atoms with Crippen LogP contribution in [0.5, 0.6) is 0 Å². The fourth-order valence-electron chi connectivity index (χ4n) is 0.869. The van der Waals surface area contributed by atoms with Crippen LogP contribution in [0.1, 0.15) is 12.8 Å². The SMILES string of the molecule is C=C(COCC(=C)CC(=O)O)CC(=O)O. The molecule has 5 heteroatoms. The number of aliphatic carboxylic acids is 2. The molecule has 2 N–H and O–H groups in total. The summed E-state index contributed by atoms with van der Waals surface area (Å²) in [6, 6.07) is 0. The first-order valence-corrected chi connectivity index (χ1v) is 4.26. The molecule has 0 aliphatic heterocycles. The Hall–Kier alpha value is -1.62. The largest absolute Gasteiger partial charge is 0.481 e. The Balaban J connectivity index is 3.61.